The number of ether oxygens (including phenoxy) is 2. The molecule has 104 valence electrons. The highest BCUT2D eigenvalue weighted by Crippen LogP contribution is 2.22. The zero-order valence-electron chi connectivity index (χ0n) is 10.7. The topological polar surface area (TPSA) is 61.6 Å². The number of hydrogen-bond donors (Lipinski definition) is 1. The Balaban J connectivity index is 1.82. The van der Waals surface area contributed by atoms with Crippen LogP contribution in [0.2, 0.25) is 5.02 Å². The lowest BCUT2D eigenvalue weighted by atomic mass is 10.2. The molecule has 0 aromatic heterocycles. The first kappa shape index (κ1) is 14.4. The van der Waals surface area contributed by atoms with Crippen molar-refractivity contribution in [2.75, 3.05) is 12.5 Å². The van der Waals surface area contributed by atoms with Crippen LogP contribution >= 0.6 is 11.6 Å². The monoisotopic (exact) mass is 291 g/mol. The standard InChI is InChI=1S/C15H14ClNO3/c16-13-8-4-7-12(14(13)17)15(18)20-10-19-9-11-5-2-1-3-6-11/h1-8H,9-10,17H2. The minimum Gasteiger partial charge on any atom is -0.435 e. The van der Waals surface area contributed by atoms with Gasteiger partial charge in [-0.15, -0.1) is 0 Å². The van der Waals surface area contributed by atoms with E-state index in [0.717, 1.165) is 5.56 Å². The largest absolute Gasteiger partial charge is 0.435 e. The van der Waals surface area contributed by atoms with E-state index < -0.39 is 5.97 Å². The summed E-state index contributed by atoms with van der Waals surface area (Å²) in [7, 11) is 0. The summed E-state index contributed by atoms with van der Waals surface area (Å²) in [6, 6.07) is 14.4. The Kier molecular flexibility index (Phi) is 4.98. The van der Waals surface area contributed by atoms with Gasteiger partial charge in [0.15, 0.2) is 6.79 Å². The molecule has 0 radical (unpaired) electrons. The van der Waals surface area contributed by atoms with E-state index in [1.165, 1.54) is 0 Å². The van der Waals surface area contributed by atoms with Crippen LogP contribution in [0.1, 0.15) is 15.9 Å². The number of halogens is 1. The molecule has 0 fully saturated rings. The van der Waals surface area contributed by atoms with Crippen molar-refractivity contribution in [3.8, 4) is 0 Å². The molecule has 0 atom stereocenters. The molecule has 0 aliphatic heterocycles. The summed E-state index contributed by atoms with van der Waals surface area (Å²) in [4.78, 5) is 11.8. The lowest BCUT2D eigenvalue weighted by Crippen LogP contribution is -2.11. The maximum absolute atomic E-state index is 11.8. The van der Waals surface area contributed by atoms with E-state index in [1.807, 2.05) is 30.3 Å². The highest BCUT2D eigenvalue weighted by atomic mass is 35.5. The van der Waals surface area contributed by atoms with Crippen molar-refractivity contribution in [1.29, 1.82) is 0 Å². The Hall–Kier alpha value is -2.04. The average Bonchev–Trinajstić information content (AvgIpc) is 2.47. The highest BCUT2D eigenvalue weighted by Gasteiger charge is 2.12. The van der Waals surface area contributed by atoms with Gasteiger partial charge in [-0.3, -0.25) is 0 Å². The maximum Gasteiger partial charge on any atom is 0.342 e. The van der Waals surface area contributed by atoms with Gasteiger partial charge in [-0.2, -0.15) is 0 Å². The van der Waals surface area contributed by atoms with Gasteiger partial charge in [-0.05, 0) is 17.7 Å². The number of anilines is 1. The fourth-order valence-corrected chi connectivity index (χ4v) is 1.80. The van der Waals surface area contributed by atoms with Gasteiger partial charge < -0.3 is 15.2 Å². The number of nitrogen functional groups attached to an aromatic ring is 1. The zero-order valence-corrected chi connectivity index (χ0v) is 11.5. The van der Waals surface area contributed by atoms with Crippen LogP contribution < -0.4 is 5.73 Å². The molecule has 0 spiro atoms. The molecule has 4 nitrogen and oxygen atoms in total. The predicted molar refractivity (Wildman–Crippen MR) is 77.4 cm³/mol. The molecule has 2 N–H and O–H groups in total. The van der Waals surface area contributed by atoms with Crippen molar-refractivity contribution < 1.29 is 14.3 Å². The number of para-hydroxylation sites is 1. The molecule has 0 heterocycles. The molecule has 2 aromatic carbocycles. The highest BCUT2D eigenvalue weighted by molar-refractivity contribution is 6.33. The van der Waals surface area contributed by atoms with Gasteiger partial charge in [0.25, 0.3) is 0 Å². The summed E-state index contributed by atoms with van der Waals surface area (Å²) in [6.45, 7) is 0.235. The number of rotatable bonds is 5. The van der Waals surface area contributed by atoms with Crippen LogP contribution in [0.5, 0.6) is 0 Å². The van der Waals surface area contributed by atoms with Gasteiger partial charge in [-0.1, -0.05) is 48.0 Å². The Labute approximate surface area is 122 Å². The van der Waals surface area contributed by atoms with Crippen LogP contribution in [0, 0.1) is 0 Å². The second-order valence-electron chi connectivity index (χ2n) is 4.08. The summed E-state index contributed by atoms with van der Waals surface area (Å²) in [5.41, 5.74) is 7.16. The van der Waals surface area contributed by atoms with Crippen LogP contribution in [-0.4, -0.2) is 12.8 Å². The summed E-state index contributed by atoms with van der Waals surface area (Å²) >= 11 is 5.84. The molecule has 0 aliphatic rings. The SMILES string of the molecule is Nc1c(Cl)cccc1C(=O)OCOCc1ccccc1. The first-order chi connectivity index (χ1) is 9.68. The summed E-state index contributed by atoms with van der Waals surface area (Å²) in [5.74, 6) is -0.557. The van der Waals surface area contributed by atoms with E-state index in [-0.39, 0.29) is 18.0 Å². The van der Waals surface area contributed by atoms with Crippen LogP contribution in [0.15, 0.2) is 48.5 Å². The lowest BCUT2D eigenvalue weighted by molar-refractivity contribution is -0.0380. The van der Waals surface area contributed by atoms with Crippen molar-refractivity contribution >= 4 is 23.3 Å². The number of carbonyl (C=O) groups is 1. The van der Waals surface area contributed by atoms with E-state index in [4.69, 9.17) is 26.8 Å². The second kappa shape index (κ2) is 6.93. The summed E-state index contributed by atoms with van der Waals surface area (Å²) in [6.07, 6.45) is 0. The molecule has 0 aliphatic carbocycles. The van der Waals surface area contributed by atoms with E-state index in [9.17, 15) is 4.79 Å². The van der Waals surface area contributed by atoms with E-state index >= 15 is 0 Å². The molecule has 0 bridgehead atoms. The third-order valence-corrected chi connectivity index (χ3v) is 2.99. The van der Waals surface area contributed by atoms with Gasteiger partial charge in [-0.25, -0.2) is 4.79 Å². The maximum atomic E-state index is 11.8. The van der Waals surface area contributed by atoms with Crippen molar-refractivity contribution in [3.63, 3.8) is 0 Å². The van der Waals surface area contributed by atoms with E-state index in [0.29, 0.717) is 11.6 Å². The minimum absolute atomic E-state index is 0.139. The Morgan fingerprint density at radius 3 is 2.60 bits per heavy atom. The smallest absolute Gasteiger partial charge is 0.342 e. The Morgan fingerprint density at radius 2 is 1.85 bits per heavy atom. The number of carbonyl (C=O) groups excluding carboxylic acids is 1. The van der Waals surface area contributed by atoms with E-state index in [1.54, 1.807) is 18.2 Å². The second-order valence-corrected chi connectivity index (χ2v) is 4.49. The number of hydrogen-bond acceptors (Lipinski definition) is 4. The van der Waals surface area contributed by atoms with Crippen molar-refractivity contribution in [3.05, 3.63) is 64.7 Å². The van der Waals surface area contributed by atoms with Crippen molar-refractivity contribution in [2.45, 2.75) is 6.61 Å². The van der Waals surface area contributed by atoms with Crippen LogP contribution in [0.25, 0.3) is 0 Å². The fourth-order valence-electron chi connectivity index (χ4n) is 1.62. The van der Waals surface area contributed by atoms with Crippen molar-refractivity contribution in [1.82, 2.24) is 0 Å². The molecule has 2 rings (SSSR count). The molecule has 2 aromatic rings. The third-order valence-electron chi connectivity index (χ3n) is 2.66. The van der Waals surface area contributed by atoms with Crippen LogP contribution in [0.4, 0.5) is 5.69 Å². The van der Waals surface area contributed by atoms with Crippen molar-refractivity contribution in [2.24, 2.45) is 0 Å². The number of nitrogens with two attached hydrogens (primary N) is 1. The molecular formula is C15H14ClNO3. The molecule has 20 heavy (non-hydrogen) atoms. The molecule has 0 saturated heterocycles. The normalized spacial score (nSPS) is 10.2. The zero-order chi connectivity index (χ0) is 14.4. The van der Waals surface area contributed by atoms with Crippen LogP contribution in [-0.2, 0) is 16.1 Å². The molecule has 0 amide bonds. The molecule has 0 saturated carbocycles. The Morgan fingerprint density at radius 1 is 1.10 bits per heavy atom. The fraction of sp³-hybridized carbons (Fsp3) is 0.133. The quantitative estimate of drug-likeness (QED) is 0.397. The molecular weight excluding hydrogens is 278 g/mol. The lowest BCUT2D eigenvalue weighted by Gasteiger charge is -2.08. The predicted octanol–water partition coefficient (Wildman–Crippen LogP) is 3.25. The first-order valence-corrected chi connectivity index (χ1v) is 6.39. The van der Waals surface area contributed by atoms with Gasteiger partial charge >= 0.3 is 5.97 Å². The van der Waals surface area contributed by atoms with Gasteiger partial charge in [0.2, 0.25) is 0 Å². The summed E-state index contributed by atoms with van der Waals surface area (Å²) in [5, 5.41) is 0.324. The molecule has 0 unspecified atom stereocenters. The molecule has 5 heteroatoms. The van der Waals surface area contributed by atoms with Gasteiger partial charge in [0.05, 0.1) is 22.9 Å². The van der Waals surface area contributed by atoms with Gasteiger partial charge in [0, 0.05) is 0 Å². The van der Waals surface area contributed by atoms with Gasteiger partial charge in [0.1, 0.15) is 0 Å². The first-order valence-electron chi connectivity index (χ1n) is 6.01. The number of esters is 1. The third kappa shape index (κ3) is 3.73. The summed E-state index contributed by atoms with van der Waals surface area (Å²) < 4.78 is 10.3. The number of benzene rings is 2. The Bertz CT molecular complexity index is 587. The minimum atomic E-state index is -0.557. The van der Waals surface area contributed by atoms with Crippen LogP contribution in [0.3, 0.4) is 0 Å². The van der Waals surface area contributed by atoms with E-state index in [2.05, 4.69) is 0 Å². The average molecular weight is 292 g/mol.